The Kier molecular flexibility index (Phi) is 4.78. The van der Waals surface area contributed by atoms with Gasteiger partial charge in [0, 0.05) is 18.9 Å². The number of fused-ring (bicyclic) bond motifs is 2. The monoisotopic (exact) mass is 347 g/mol. The second kappa shape index (κ2) is 7.00. The van der Waals surface area contributed by atoms with Crippen LogP contribution in [0.5, 0.6) is 11.5 Å². The molecule has 0 saturated carbocycles. The van der Waals surface area contributed by atoms with Crippen LogP contribution in [0.4, 0.5) is 5.69 Å². The van der Waals surface area contributed by atoms with E-state index in [0.717, 1.165) is 11.3 Å². The molecule has 1 saturated heterocycles. The van der Waals surface area contributed by atoms with Gasteiger partial charge in [-0.25, -0.2) is 4.99 Å². The molecule has 1 N–H and O–H groups in total. The Morgan fingerprint density at radius 3 is 2.92 bits per heavy atom. The Bertz CT molecular complexity index is 731. The number of rotatable bonds is 6. The maximum Gasteiger partial charge on any atom is 0.302 e. The van der Waals surface area contributed by atoms with Crippen LogP contribution in [0.3, 0.4) is 0 Å². The second-order valence-corrected chi connectivity index (χ2v) is 5.87. The van der Waals surface area contributed by atoms with Crippen molar-refractivity contribution < 1.29 is 23.8 Å². The number of amides is 1. The molecule has 8 heteroatoms. The van der Waals surface area contributed by atoms with Crippen LogP contribution in [-0.2, 0) is 20.9 Å². The van der Waals surface area contributed by atoms with E-state index in [4.69, 9.17) is 14.2 Å². The van der Waals surface area contributed by atoms with Gasteiger partial charge in [-0.2, -0.15) is 0 Å². The summed E-state index contributed by atoms with van der Waals surface area (Å²) >= 11 is 0. The summed E-state index contributed by atoms with van der Waals surface area (Å²) < 4.78 is 16.2. The highest BCUT2D eigenvalue weighted by atomic mass is 16.5. The number of hydrogen-bond donors (Lipinski definition) is 1. The van der Waals surface area contributed by atoms with Crippen LogP contribution in [0.15, 0.2) is 17.1 Å². The number of hydrogen-bond acceptors (Lipinski definition) is 7. The van der Waals surface area contributed by atoms with Gasteiger partial charge < -0.3 is 19.1 Å². The average molecular weight is 347 g/mol. The first kappa shape index (κ1) is 17.1. The summed E-state index contributed by atoms with van der Waals surface area (Å²) in [6.07, 6.45) is 0.587. The lowest BCUT2D eigenvalue weighted by Crippen LogP contribution is -2.35. The molecule has 2 heterocycles. The highest BCUT2D eigenvalue weighted by Crippen LogP contribution is 2.41. The third-order valence-electron chi connectivity index (χ3n) is 4.16. The number of carbonyl (C=O) groups is 2. The fraction of sp³-hybridized carbons (Fsp3) is 0.471. The van der Waals surface area contributed by atoms with E-state index in [2.05, 4.69) is 10.3 Å². The molecule has 0 bridgehead atoms. The minimum absolute atomic E-state index is 0.0625. The van der Waals surface area contributed by atoms with E-state index in [1.54, 1.807) is 13.2 Å². The summed E-state index contributed by atoms with van der Waals surface area (Å²) in [6, 6.07) is 3.37. The third kappa shape index (κ3) is 3.38. The van der Waals surface area contributed by atoms with E-state index in [9.17, 15) is 9.59 Å². The molecule has 1 atom stereocenters. The molecule has 25 heavy (non-hydrogen) atoms. The van der Waals surface area contributed by atoms with Crippen molar-refractivity contribution in [2.24, 2.45) is 4.99 Å². The first-order valence-corrected chi connectivity index (χ1v) is 8.13. The van der Waals surface area contributed by atoms with Gasteiger partial charge in [-0.05, 0) is 19.1 Å². The lowest BCUT2D eigenvalue weighted by molar-refractivity contribution is -0.141. The molecule has 1 amide bonds. The summed E-state index contributed by atoms with van der Waals surface area (Å²) in [7, 11) is 1.58. The van der Waals surface area contributed by atoms with E-state index in [0.29, 0.717) is 43.6 Å². The number of nitrogens with one attached hydrogen (secondary N) is 1. The first-order chi connectivity index (χ1) is 12.0. The minimum Gasteiger partial charge on any atom is -0.492 e. The Hall–Kier alpha value is -2.77. The molecule has 8 nitrogen and oxygen atoms in total. The van der Waals surface area contributed by atoms with Gasteiger partial charge in [0.2, 0.25) is 11.9 Å². The SMILES string of the molecule is COc1c(OCCCOC(C)=O)ccc2c1CN1C(=N2)NC(=O)C1C. The van der Waals surface area contributed by atoms with Crippen LogP contribution in [0, 0.1) is 0 Å². The predicted octanol–water partition coefficient (Wildman–Crippen LogP) is 1.35. The normalized spacial score (nSPS) is 18.0. The fourth-order valence-corrected chi connectivity index (χ4v) is 2.85. The van der Waals surface area contributed by atoms with Crippen LogP contribution in [0.1, 0.15) is 25.8 Å². The van der Waals surface area contributed by atoms with E-state index in [1.807, 2.05) is 17.9 Å². The molecular weight excluding hydrogens is 326 g/mol. The highest BCUT2D eigenvalue weighted by Gasteiger charge is 2.37. The summed E-state index contributed by atoms with van der Waals surface area (Å²) in [5.41, 5.74) is 1.64. The molecule has 0 radical (unpaired) electrons. The fourth-order valence-electron chi connectivity index (χ4n) is 2.85. The molecule has 2 aliphatic rings. The molecule has 1 aromatic rings. The molecule has 0 spiro atoms. The minimum atomic E-state index is -0.303. The largest absolute Gasteiger partial charge is 0.492 e. The number of carbonyl (C=O) groups excluding carboxylic acids is 2. The quantitative estimate of drug-likeness (QED) is 0.617. The van der Waals surface area contributed by atoms with Gasteiger partial charge in [0.05, 0.1) is 32.6 Å². The summed E-state index contributed by atoms with van der Waals surface area (Å²) in [6.45, 7) is 4.44. The number of benzene rings is 1. The Morgan fingerprint density at radius 1 is 1.40 bits per heavy atom. The van der Waals surface area contributed by atoms with E-state index >= 15 is 0 Å². The summed E-state index contributed by atoms with van der Waals surface area (Å²) in [5.74, 6) is 1.42. The zero-order chi connectivity index (χ0) is 18.0. The third-order valence-corrected chi connectivity index (χ3v) is 4.16. The van der Waals surface area contributed by atoms with Crippen molar-refractivity contribution >= 4 is 23.5 Å². The average Bonchev–Trinajstić information content (AvgIpc) is 2.86. The van der Waals surface area contributed by atoms with Crippen molar-refractivity contribution in [3.05, 3.63) is 17.7 Å². The predicted molar refractivity (Wildman–Crippen MR) is 90.0 cm³/mol. The van der Waals surface area contributed by atoms with Crippen molar-refractivity contribution in [1.82, 2.24) is 10.2 Å². The van der Waals surface area contributed by atoms with Gasteiger partial charge in [0.25, 0.3) is 0 Å². The second-order valence-electron chi connectivity index (χ2n) is 5.87. The van der Waals surface area contributed by atoms with Gasteiger partial charge in [0.1, 0.15) is 6.04 Å². The summed E-state index contributed by atoms with van der Waals surface area (Å²) in [4.78, 5) is 29.0. The van der Waals surface area contributed by atoms with Crippen molar-refractivity contribution in [2.45, 2.75) is 32.9 Å². The smallest absolute Gasteiger partial charge is 0.302 e. The maximum atomic E-state index is 11.8. The van der Waals surface area contributed by atoms with Crippen LogP contribution in [0.2, 0.25) is 0 Å². The summed E-state index contributed by atoms with van der Waals surface area (Å²) in [5, 5.41) is 2.78. The number of ether oxygens (including phenoxy) is 3. The molecule has 2 aliphatic heterocycles. The lowest BCUT2D eigenvalue weighted by Gasteiger charge is -2.27. The van der Waals surface area contributed by atoms with Crippen molar-refractivity contribution in [1.29, 1.82) is 0 Å². The Morgan fingerprint density at radius 2 is 2.20 bits per heavy atom. The van der Waals surface area contributed by atoms with Gasteiger partial charge in [-0.1, -0.05) is 0 Å². The standard InChI is InChI=1S/C17H21N3O5/c1-10-16(22)19-17-18-13-5-6-14(25-8-4-7-24-11(2)21)15(23-3)12(13)9-20(10)17/h5-6,10H,4,7-9H2,1-3H3,(H,18,19,22). The number of methoxy groups -OCH3 is 1. The van der Waals surface area contributed by atoms with Crippen LogP contribution in [-0.4, -0.2) is 49.1 Å². The van der Waals surface area contributed by atoms with E-state index in [1.165, 1.54) is 6.92 Å². The van der Waals surface area contributed by atoms with Gasteiger partial charge in [0.15, 0.2) is 11.5 Å². The van der Waals surface area contributed by atoms with Crippen LogP contribution >= 0.6 is 0 Å². The number of nitrogens with zero attached hydrogens (tertiary/aromatic N) is 2. The Balaban J connectivity index is 1.75. The van der Waals surface area contributed by atoms with Crippen molar-refractivity contribution in [2.75, 3.05) is 20.3 Å². The van der Waals surface area contributed by atoms with Crippen LogP contribution < -0.4 is 14.8 Å². The lowest BCUT2D eigenvalue weighted by atomic mass is 10.1. The number of esters is 1. The molecule has 0 aliphatic carbocycles. The maximum absolute atomic E-state index is 11.8. The zero-order valence-electron chi connectivity index (χ0n) is 14.5. The van der Waals surface area contributed by atoms with Crippen molar-refractivity contribution in [3.8, 4) is 11.5 Å². The van der Waals surface area contributed by atoms with Gasteiger partial charge in [-0.3, -0.25) is 14.9 Å². The highest BCUT2D eigenvalue weighted by molar-refractivity contribution is 6.07. The van der Waals surface area contributed by atoms with Crippen LogP contribution in [0.25, 0.3) is 0 Å². The molecule has 134 valence electrons. The zero-order valence-corrected chi connectivity index (χ0v) is 14.5. The number of guanidine groups is 1. The molecule has 1 fully saturated rings. The molecule has 3 rings (SSSR count). The molecule has 0 aromatic heterocycles. The molecular formula is C17H21N3O5. The molecule has 1 aromatic carbocycles. The Labute approximate surface area is 145 Å². The number of aliphatic imine (C=N–C) groups is 1. The molecule has 1 unspecified atom stereocenters. The van der Waals surface area contributed by atoms with Crippen molar-refractivity contribution in [3.63, 3.8) is 0 Å². The first-order valence-electron chi connectivity index (χ1n) is 8.13. The van der Waals surface area contributed by atoms with Gasteiger partial charge >= 0.3 is 5.97 Å². The topological polar surface area (TPSA) is 89.5 Å². The van der Waals surface area contributed by atoms with E-state index < -0.39 is 0 Å². The van der Waals surface area contributed by atoms with Gasteiger partial charge in [-0.15, -0.1) is 0 Å². The van der Waals surface area contributed by atoms with E-state index in [-0.39, 0.29) is 17.9 Å².